The second kappa shape index (κ2) is 10.9. The highest BCUT2D eigenvalue weighted by Crippen LogP contribution is 2.36. The van der Waals surface area contributed by atoms with Gasteiger partial charge in [0.1, 0.15) is 12.5 Å². The predicted molar refractivity (Wildman–Crippen MR) is 118 cm³/mol. The number of likely N-dealkylation sites (N-methyl/N-ethyl adjacent to an activating group) is 1. The molecule has 0 atom stereocenters. The average Bonchev–Trinajstić information content (AvgIpc) is 2.74. The number of methoxy groups -OCH3 is 1. The van der Waals surface area contributed by atoms with Crippen LogP contribution < -0.4 is 10.6 Å². The van der Waals surface area contributed by atoms with Gasteiger partial charge in [-0.3, -0.25) is 4.79 Å². The monoisotopic (exact) mass is 416 g/mol. The summed E-state index contributed by atoms with van der Waals surface area (Å²) in [7, 11) is 3.08. The molecule has 0 heterocycles. The molecule has 30 heavy (non-hydrogen) atoms. The summed E-state index contributed by atoms with van der Waals surface area (Å²) < 4.78 is 34.8. The molecule has 2 aromatic rings. The smallest absolute Gasteiger partial charge is 0.251 e. The van der Waals surface area contributed by atoms with Crippen LogP contribution in [0, 0.1) is 18.6 Å². The van der Waals surface area contributed by atoms with Crippen LogP contribution in [0.5, 0.6) is 0 Å². The van der Waals surface area contributed by atoms with Gasteiger partial charge >= 0.3 is 0 Å². The van der Waals surface area contributed by atoms with Crippen molar-refractivity contribution in [1.29, 1.82) is 0 Å². The third kappa shape index (κ3) is 4.87. The summed E-state index contributed by atoms with van der Waals surface area (Å²) >= 11 is 0. The van der Waals surface area contributed by atoms with Crippen LogP contribution in [0.2, 0.25) is 0 Å². The number of nitrogens with one attached hydrogen (secondary N) is 2. The first-order chi connectivity index (χ1) is 14.4. The van der Waals surface area contributed by atoms with Crippen LogP contribution in [-0.4, -0.2) is 26.8 Å². The number of benzene rings is 2. The lowest BCUT2D eigenvalue weighted by Gasteiger charge is -2.19. The van der Waals surface area contributed by atoms with Gasteiger partial charge in [0.15, 0.2) is 5.82 Å². The molecule has 0 aliphatic carbocycles. The molecule has 2 N–H and O–H groups in total. The second-order valence-electron chi connectivity index (χ2n) is 7.00. The molecule has 2 rings (SSSR count). The summed E-state index contributed by atoms with van der Waals surface area (Å²) in [5.41, 5.74) is 3.58. The van der Waals surface area contributed by atoms with E-state index in [0.717, 1.165) is 29.5 Å². The average molecular weight is 417 g/mol. The van der Waals surface area contributed by atoms with Gasteiger partial charge in [-0.2, -0.15) is 0 Å². The van der Waals surface area contributed by atoms with E-state index < -0.39 is 11.6 Å². The van der Waals surface area contributed by atoms with E-state index in [1.54, 1.807) is 19.2 Å². The van der Waals surface area contributed by atoms with Crippen molar-refractivity contribution in [1.82, 2.24) is 5.32 Å². The second-order valence-corrected chi connectivity index (χ2v) is 7.00. The minimum absolute atomic E-state index is 0.0818. The molecule has 0 saturated carbocycles. The van der Waals surface area contributed by atoms with E-state index in [4.69, 9.17) is 4.74 Å². The van der Waals surface area contributed by atoms with Gasteiger partial charge in [0.2, 0.25) is 0 Å². The SMILES string of the molecule is CCC/C=C(/C(=O)NC)c1ccc(-c2c(F)ccc(NCOC)c2F)c(CC)c1C. The van der Waals surface area contributed by atoms with E-state index in [-0.39, 0.29) is 23.9 Å². The zero-order valence-electron chi connectivity index (χ0n) is 18.3. The Hall–Kier alpha value is -2.73. The molecule has 0 aliphatic rings. The lowest BCUT2D eigenvalue weighted by Crippen LogP contribution is -2.20. The van der Waals surface area contributed by atoms with Gasteiger partial charge in [0.05, 0.1) is 11.3 Å². The van der Waals surface area contributed by atoms with Crippen molar-refractivity contribution in [3.8, 4) is 11.1 Å². The molecule has 162 valence electrons. The first kappa shape index (κ1) is 23.5. The molecule has 0 bridgehead atoms. The van der Waals surface area contributed by atoms with E-state index >= 15 is 4.39 Å². The lowest BCUT2D eigenvalue weighted by molar-refractivity contribution is -0.115. The number of hydrogen-bond donors (Lipinski definition) is 2. The van der Waals surface area contributed by atoms with Gasteiger partial charge in [0, 0.05) is 19.7 Å². The maximum Gasteiger partial charge on any atom is 0.251 e. The molecule has 6 heteroatoms. The van der Waals surface area contributed by atoms with Crippen LogP contribution in [0.3, 0.4) is 0 Å². The van der Waals surface area contributed by atoms with Crippen LogP contribution in [-0.2, 0) is 16.0 Å². The van der Waals surface area contributed by atoms with E-state index in [1.165, 1.54) is 19.2 Å². The minimum atomic E-state index is -0.665. The fraction of sp³-hybridized carbons (Fsp3) is 0.375. The number of hydrogen-bond acceptors (Lipinski definition) is 3. The Morgan fingerprint density at radius 2 is 1.90 bits per heavy atom. The van der Waals surface area contributed by atoms with E-state index in [9.17, 15) is 9.18 Å². The number of carbonyl (C=O) groups excluding carboxylic acids is 1. The number of allylic oxidation sites excluding steroid dienone is 1. The quantitative estimate of drug-likeness (QED) is 0.422. The molecule has 0 fully saturated rings. The highest BCUT2D eigenvalue weighted by atomic mass is 19.1. The van der Waals surface area contributed by atoms with Crippen molar-refractivity contribution in [2.24, 2.45) is 0 Å². The summed E-state index contributed by atoms with van der Waals surface area (Å²) in [6.45, 7) is 5.98. The minimum Gasteiger partial charge on any atom is -0.365 e. The third-order valence-corrected chi connectivity index (χ3v) is 5.12. The van der Waals surface area contributed by atoms with Crippen LogP contribution in [0.15, 0.2) is 30.3 Å². The van der Waals surface area contributed by atoms with Gasteiger partial charge in [0.25, 0.3) is 5.91 Å². The first-order valence-electron chi connectivity index (χ1n) is 10.2. The Balaban J connectivity index is 2.68. The number of amides is 1. The molecule has 0 unspecified atom stereocenters. The van der Waals surface area contributed by atoms with E-state index in [1.807, 2.05) is 26.8 Å². The molecular weight excluding hydrogens is 386 g/mol. The molecule has 0 saturated heterocycles. The fourth-order valence-electron chi connectivity index (χ4n) is 3.57. The topological polar surface area (TPSA) is 50.4 Å². The van der Waals surface area contributed by atoms with Crippen LogP contribution in [0.1, 0.15) is 43.4 Å². The Kier molecular flexibility index (Phi) is 8.54. The summed E-state index contributed by atoms with van der Waals surface area (Å²) in [5.74, 6) is -1.48. The molecule has 1 amide bonds. The third-order valence-electron chi connectivity index (χ3n) is 5.12. The van der Waals surface area contributed by atoms with Gasteiger partial charge in [-0.1, -0.05) is 38.5 Å². The maximum atomic E-state index is 15.2. The zero-order chi connectivity index (χ0) is 22.3. The van der Waals surface area contributed by atoms with Crippen molar-refractivity contribution in [2.75, 3.05) is 26.2 Å². The Bertz CT molecular complexity index is 939. The van der Waals surface area contributed by atoms with Gasteiger partial charge in [-0.15, -0.1) is 0 Å². The van der Waals surface area contributed by atoms with Crippen molar-refractivity contribution in [3.63, 3.8) is 0 Å². The van der Waals surface area contributed by atoms with Gasteiger partial charge in [-0.25, -0.2) is 8.78 Å². The number of rotatable bonds is 9. The van der Waals surface area contributed by atoms with Crippen molar-refractivity contribution >= 4 is 17.2 Å². The number of ether oxygens (including phenoxy) is 1. The van der Waals surface area contributed by atoms with E-state index in [2.05, 4.69) is 10.6 Å². The first-order valence-corrected chi connectivity index (χ1v) is 10.2. The van der Waals surface area contributed by atoms with Crippen LogP contribution in [0.25, 0.3) is 16.7 Å². The number of halogens is 2. The van der Waals surface area contributed by atoms with Gasteiger partial charge < -0.3 is 15.4 Å². The summed E-state index contributed by atoms with van der Waals surface area (Å²) in [6.07, 6.45) is 4.16. The van der Waals surface area contributed by atoms with E-state index in [0.29, 0.717) is 17.6 Å². The highest BCUT2D eigenvalue weighted by molar-refractivity contribution is 6.20. The Labute approximate surface area is 177 Å². The molecule has 0 aliphatic heterocycles. The Morgan fingerprint density at radius 3 is 2.50 bits per heavy atom. The summed E-state index contributed by atoms with van der Waals surface area (Å²) in [6, 6.07) is 6.08. The number of carbonyl (C=O) groups is 1. The Morgan fingerprint density at radius 1 is 1.17 bits per heavy atom. The standard InChI is InChI=1S/C24H30F2N2O2/c1-6-8-9-19(24(29)27-4)17-10-11-18(16(7-2)15(17)3)22-20(25)12-13-21(23(22)26)28-14-30-5/h9-13,28H,6-8,14H2,1-5H3,(H,27,29)/b19-9+. The summed E-state index contributed by atoms with van der Waals surface area (Å²) in [5, 5.41) is 5.48. The lowest BCUT2D eigenvalue weighted by atomic mass is 9.87. The number of anilines is 1. The van der Waals surface area contributed by atoms with Crippen LogP contribution in [0.4, 0.5) is 14.5 Å². The zero-order valence-corrected chi connectivity index (χ0v) is 18.3. The molecule has 4 nitrogen and oxygen atoms in total. The fourth-order valence-corrected chi connectivity index (χ4v) is 3.57. The molecular formula is C24H30F2N2O2. The highest BCUT2D eigenvalue weighted by Gasteiger charge is 2.22. The molecule has 0 radical (unpaired) electrons. The number of unbranched alkanes of at least 4 members (excludes halogenated alkanes) is 1. The van der Waals surface area contributed by atoms with Crippen LogP contribution >= 0.6 is 0 Å². The normalized spacial score (nSPS) is 11.5. The molecule has 0 spiro atoms. The summed E-state index contributed by atoms with van der Waals surface area (Å²) in [4.78, 5) is 12.5. The van der Waals surface area contributed by atoms with Crippen molar-refractivity contribution < 1.29 is 18.3 Å². The molecule has 0 aromatic heterocycles. The van der Waals surface area contributed by atoms with Crippen molar-refractivity contribution in [2.45, 2.75) is 40.0 Å². The predicted octanol–water partition coefficient (Wildman–Crippen LogP) is 5.45. The maximum absolute atomic E-state index is 15.2. The van der Waals surface area contributed by atoms with Crippen molar-refractivity contribution in [3.05, 3.63) is 58.7 Å². The van der Waals surface area contributed by atoms with Gasteiger partial charge in [-0.05, 0) is 54.2 Å². The molecule has 2 aromatic carbocycles. The largest absolute Gasteiger partial charge is 0.365 e.